The molecule has 0 spiro atoms. The van der Waals surface area contributed by atoms with Gasteiger partial charge in [-0.1, -0.05) is 30.9 Å². The molecule has 0 aliphatic carbocycles. The molecule has 1 aromatic rings. The van der Waals surface area contributed by atoms with E-state index in [1.807, 2.05) is 13.0 Å². The van der Waals surface area contributed by atoms with E-state index >= 15 is 0 Å². The Morgan fingerprint density at radius 1 is 1.44 bits per heavy atom. The predicted octanol–water partition coefficient (Wildman–Crippen LogP) is 2.76. The van der Waals surface area contributed by atoms with Crippen LogP contribution < -0.4 is 0 Å². The Balaban J connectivity index is 1.97. The van der Waals surface area contributed by atoms with Crippen LogP contribution in [-0.4, -0.2) is 45.7 Å². The molecule has 2 rings (SSSR count). The van der Waals surface area contributed by atoms with Gasteiger partial charge in [0.05, 0.1) is 23.6 Å². The minimum absolute atomic E-state index is 0.0290. The molecule has 1 aromatic heterocycles. The summed E-state index contributed by atoms with van der Waals surface area (Å²) in [4.78, 5) is 25.6. The molecular formula is C21H23NO4S. The number of aliphatic hydroxyl groups is 1. The van der Waals surface area contributed by atoms with Crippen LogP contribution in [-0.2, 0) is 4.79 Å². The maximum Gasteiger partial charge on any atom is 0.345 e. The summed E-state index contributed by atoms with van der Waals surface area (Å²) >= 11 is 1.11. The van der Waals surface area contributed by atoms with Crippen molar-refractivity contribution in [3.63, 3.8) is 0 Å². The number of nitrogens with zero attached hydrogens (tertiary/aromatic N) is 1. The lowest BCUT2D eigenvalue weighted by Gasteiger charge is -2.20. The van der Waals surface area contributed by atoms with Gasteiger partial charge < -0.3 is 15.1 Å². The highest BCUT2D eigenvalue weighted by molar-refractivity contribution is 7.14. The molecule has 5 nitrogen and oxygen atoms in total. The van der Waals surface area contributed by atoms with Crippen molar-refractivity contribution in [2.24, 2.45) is 5.92 Å². The monoisotopic (exact) mass is 385 g/mol. The standard InChI is InChI=1S/C21H23NO4S/c1-3-4-6-15(2)18(23)11-8-16-9-13-20(24)22(16)14-5-7-17-10-12-19(27-17)21(25)26/h8,10-12,15-16,18,23H,6,9,13-14H2,1-2H3,(H,25,26)/t15-,16-,18-/m0/s1. The zero-order chi connectivity index (χ0) is 19.8. The minimum atomic E-state index is -0.967. The van der Waals surface area contributed by atoms with Crippen LogP contribution in [0, 0.1) is 29.6 Å². The van der Waals surface area contributed by atoms with Gasteiger partial charge in [-0.15, -0.1) is 23.2 Å². The first kappa shape index (κ1) is 20.8. The molecule has 0 unspecified atom stereocenters. The first-order chi connectivity index (χ1) is 12.9. The summed E-state index contributed by atoms with van der Waals surface area (Å²) in [6, 6.07) is 3.11. The molecule has 3 atom stereocenters. The van der Waals surface area contributed by atoms with Crippen molar-refractivity contribution in [2.45, 2.75) is 45.3 Å². The van der Waals surface area contributed by atoms with Crippen molar-refractivity contribution < 1.29 is 19.8 Å². The van der Waals surface area contributed by atoms with Gasteiger partial charge in [-0.25, -0.2) is 4.79 Å². The molecule has 1 fully saturated rings. The summed E-state index contributed by atoms with van der Waals surface area (Å²) in [5, 5.41) is 19.1. The number of likely N-dealkylation sites (tertiary alicyclic amines) is 1. The van der Waals surface area contributed by atoms with Crippen molar-refractivity contribution in [1.29, 1.82) is 0 Å². The van der Waals surface area contributed by atoms with Gasteiger partial charge in [0.15, 0.2) is 0 Å². The van der Waals surface area contributed by atoms with E-state index in [1.54, 1.807) is 24.0 Å². The number of carboxylic acids is 1. The average molecular weight is 385 g/mol. The summed E-state index contributed by atoms with van der Waals surface area (Å²) < 4.78 is 0. The second-order valence-corrected chi connectivity index (χ2v) is 7.47. The minimum Gasteiger partial charge on any atom is -0.477 e. The van der Waals surface area contributed by atoms with Crippen molar-refractivity contribution in [3.05, 3.63) is 34.0 Å². The van der Waals surface area contributed by atoms with E-state index in [9.17, 15) is 14.7 Å². The highest BCUT2D eigenvalue weighted by Crippen LogP contribution is 2.21. The van der Waals surface area contributed by atoms with Crippen molar-refractivity contribution in [3.8, 4) is 23.7 Å². The third-order valence-corrected chi connectivity index (χ3v) is 5.36. The molecule has 1 aliphatic heterocycles. The van der Waals surface area contributed by atoms with Gasteiger partial charge >= 0.3 is 5.97 Å². The molecule has 6 heteroatoms. The molecule has 0 radical (unpaired) electrons. The maximum atomic E-state index is 12.1. The van der Waals surface area contributed by atoms with Crippen molar-refractivity contribution in [1.82, 2.24) is 4.90 Å². The van der Waals surface area contributed by atoms with Crippen LogP contribution in [0.25, 0.3) is 0 Å². The number of hydrogen-bond acceptors (Lipinski definition) is 4. The fourth-order valence-electron chi connectivity index (χ4n) is 2.71. The van der Waals surface area contributed by atoms with Gasteiger partial charge in [0.25, 0.3) is 0 Å². The highest BCUT2D eigenvalue weighted by Gasteiger charge is 2.28. The number of carboxylic acid groups (broad SMARTS) is 1. The number of amides is 1. The second kappa shape index (κ2) is 9.97. The topological polar surface area (TPSA) is 77.8 Å². The Morgan fingerprint density at radius 2 is 2.22 bits per heavy atom. The quantitative estimate of drug-likeness (QED) is 0.583. The van der Waals surface area contributed by atoms with E-state index in [0.717, 1.165) is 11.3 Å². The van der Waals surface area contributed by atoms with Crippen LogP contribution in [0.2, 0.25) is 0 Å². The van der Waals surface area contributed by atoms with Crippen LogP contribution >= 0.6 is 11.3 Å². The number of hydrogen-bond donors (Lipinski definition) is 2. The van der Waals surface area contributed by atoms with E-state index in [1.165, 1.54) is 6.07 Å². The molecule has 142 valence electrons. The Morgan fingerprint density at radius 3 is 2.89 bits per heavy atom. The van der Waals surface area contributed by atoms with Gasteiger partial charge in [0.2, 0.25) is 5.91 Å². The fourth-order valence-corrected chi connectivity index (χ4v) is 3.43. The molecule has 0 bridgehead atoms. The van der Waals surface area contributed by atoms with Crippen LogP contribution in [0.15, 0.2) is 24.3 Å². The third kappa shape index (κ3) is 5.99. The molecule has 1 aliphatic rings. The van der Waals surface area contributed by atoms with E-state index < -0.39 is 12.1 Å². The zero-order valence-corrected chi connectivity index (χ0v) is 16.3. The van der Waals surface area contributed by atoms with Crippen molar-refractivity contribution >= 4 is 23.2 Å². The molecule has 2 N–H and O–H groups in total. The summed E-state index contributed by atoms with van der Waals surface area (Å²) in [6.07, 6.45) is 4.81. The Kier molecular flexibility index (Phi) is 7.67. The van der Waals surface area contributed by atoms with E-state index in [-0.39, 0.29) is 29.3 Å². The third-order valence-electron chi connectivity index (χ3n) is 4.37. The predicted molar refractivity (Wildman–Crippen MR) is 105 cm³/mol. The highest BCUT2D eigenvalue weighted by atomic mass is 32.1. The SMILES string of the molecule is CC#CC[C@H](C)[C@@H](O)C=C[C@H]1CCC(=O)N1CC#Cc1ccc(C(=O)O)s1. The van der Waals surface area contributed by atoms with Crippen LogP contribution in [0.1, 0.15) is 47.7 Å². The lowest BCUT2D eigenvalue weighted by Crippen LogP contribution is -2.32. The number of aromatic carboxylic acids is 1. The van der Waals surface area contributed by atoms with Gasteiger partial charge in [0, 0.05) is 12.8 Å². The number of rotatable bonds is 6. The molecule has 0 aromatic carbocycles. The van der Waals surface area contributed by atoms with Gasteiger partial charge in [-0.3, -0.25) is 4.79 Å². The normalized spacial score (nSPS) is 18.6. The molecular weight excluding hydrogens is 362 g/mol. The van der Waals surface area contributed by atoms with E-state index in [2.05, 4.69) is 23.7 Å². The largest absolute Gasteiger partial charge is 0.477 e. The Hall–Kier alpha value is -2.54. The Labute approximate surface area is 163 Å². The summed E-state index contributed by atoms with van der Waals surface area (Å²) in [5.74, 6) is 10.8. The molecule has 2 heterocycles. The smallest absolute Gasteiger partial charge is 0.345 e. The lowest BCUT2D eigenvalue weighted by atomic mass is 10.00. The first-order valence-electron chi connectivity index (χ1n) is 8.79. The average Bonchev–Trinajstić information content (AvgIpc) is 3.25. The summed E-state index contributed by atoms with van der Waals surface area (Å²) in [7, 11) is 0. The van der Waals surface area contributed by atoms with Gasteiger partial charge in [-0.2, -0.15) is 0 Å². The van der Waals surface area contributed by atoms with Crippen LogP contribution in [0.3, 0.4) is 0 Å². The summed E-state index contributed by atoms with van der Waals surface area (Å²) in [6.45, 7) is 3.99. The van der Waals surface area contributed by atoms with Gasteiger partial charge in [0.1, 0.15) is 4.88 Å². The lowest BCUT2D eigenvalue weighted by molar-refractivity contribution is -0.127. The van der Waals surface area contributed by atoms with Crippen LogP contribution in [0.5, 0.6) is 0 Å². The number of carbonyl (C=O) groups excluding carboxylic acids is 1. The molecule has 27 heavy (non-hydrogen) atoms. The van der Waals surface area contributed by atoms with Crippen molar-refractivity contribution in [2.75, 3.05) is 6.54 Å². The van der Waals surface area contributed by atoms with E-state index in [4.69, 9.17) is 5.11 Å². The second-order valence-electron chi connectivity index (χ2n) is 6.38. The number of thiophene rings is 1. The number of carbonyl (C=O) groups is 2. The van der Waals surface area contributed by atoms with E-state index in [0.29, 0.717) is 24.1 Å². The molecule has 0 saturated carbocycles. The maximum absolute atomic E-state index is 12.1. The fraction of sp³-hybridized carbons (Fsp3) is 0.429. The zero-order valence-electron chi connectivity index (χ0n) is 15.4. The van der Waals surface area contributed by atoms with Gasteiger partial charge in [-0.05, 0) is 31.4 Å². The first-order valence-corrected chi connectivity index (χ1v) is 9.61. The summed E-state index contributed by atoms with van der Waals surface area (Å²) in [5.41, 5.74) is 0. The van der Waals surface area contributed by atoms with Crippen LogP contribution in [0.4, 0.5) is 0 Å². The molecule has 1 saturated heterocycles. The number of aliphatic hydroxyl groups excluding tert-OH is 1. The molecule has 1 amide bonds. The Bertz CT molecular complexity index is 834.